The van der Waals surface area contributed by atoms with Crippen LogP contribution in [-0.4, -0.2) is 80.0 Å². The quantitative estimate of drug-likeness (QED) is 0.101. The third-order valence-corrected chi connectivity index (χ3v) is 9.49. The topological polar surface area (TPSA) is 172 Å². The number of benzene rings is 4. The normalized spacial score (nSPS) is 13.2. The maximum Gasteiger partial charge on any atom is 0.232 e. The predicted octanol–water partition coefficient (Wildman–Crippen LogP) is 6.05. The third kappa shape index (κ3) is 10.3. The standard InChI is InChI=1S/C40H43ClFN13O/c1-53(24-35-47-37(43)51-39(49-35)46-31-14-10-29(41)11-15-31)23-27-6-9-28(34(42)21-27)20-26-7-12-30(13-8-26)45-40-50-36(48-38(44)52-40)25-54-16-18-55(19-17-54)32-4-3-5-33(22-32)56-2/h3-15,21-22H,16-20,23-25H2,1-2H3,(H3,43,46,47,49,51)(H3,44,45,48,50,52). The highest BCUT2D eigenvalue weighted by atomic mass is 35.5. The minimum atomic E-state index is -0.271. The molecule has 0 spiro atoms. The lowest BCUT2D eigenvalue weighted by molar-refractivity contribution is 0.244. The van der Waals surface area contributed by atoms with E-state index in [2.05, 4.69) is 62.5 Å². The first-order valence-electron chi connectivity index (χ1n) is 18.1. The van der Waals surface area contributed by atoms with Crippen LogP contribution in [0, 0.1) is 5.82 Å². The van der Waals surface area contributed by atoms with Crippen LogP contribution in [-0.2, 0) is 26.1 Å². The van der Waals surface area contributed by atoms with Crippen LogP contribution in [0.3, 0.4) is 0 Å². The Morgan fingerprint density at radius 2 is 1.36 bits per heavy atom. The van der Waals surface area contributed by atoms with Crippen molar-refractivity contribution in [2.75, 3.05) is 67.3 Å². The Labute approximate surface area is 329 Å². The lowest BCUT2D eigenvalue weighted by atomic mass is 10.0. The molecule has 1 saturated heterocycles. The summed E-state index contributed by atoms with van der Waals surface area (Å²) < 4.78 is 20.7. The second kappa shape index (κ2) is 17.5. The molecule has 2 aromatic heterocycles. The van der Waals surface area contributed by atoms with Gasteiger partial charge in [0.1, 0.15) is 23.2 Å². The van der Waals surface area contributed by atoms with Gasteiger partial charge in [-0.1, -0.05) is 41.9 Å². The maximum absolute atomic E-state index is 15.3. The molecule has 288 valence electrons. The third-order valence-electron chi connectivity index (χ3n) is 9.24. The number of anilines is 7. The molecule has 0 aliphatic carbocycles. The zero-order chi connectivity index (χ0) is 39.0. The molecule has 0 radical (unpaired) electrons. The summed E-state index contributed by atoms with van der Waals surface area (Å²) in [5.74, 6) is 2.62. The smallest absolute Gasteiger partial charge is 0.232 e. The van der Waals surface area contributed by atoms with Gasteiger partial charge in [0.05, 0.1) is 20.2 Å². The number of halogens is 2. The van der Waals surface area contributed by atoms with Crippen LogP contribution in [0.15, 0.2) is 91.0 Å². The molecule has 0 bridgehead atoms. The number of nitrogens with two attached hydrogens (primary N) is 2. The van der Waals surface area contributed by atoms with Gasteiger partial charge in [-0.15, -0.1) is 0 Å². The lowest BCUT2D eigenvalue weighted by Gasteiger charge is -2.35. The van der Waals surface area contributed by atoms with Gasteiger partial charge in [-0.3, -0.25) is 9.80 Å². The van der Waals surface area contributed by atoms with Crippen molar-refractivity contribution in [1.29, 1.82) is 0 Å². The molecule has 0 atom stereocenters. The summed E-state index contributed by atoms with van der Waals surface area (Å²) in [5.41, 5.74) is 17.1. The molecule has 0 amide bonds. The zero-order valence-electron chi connectivity index (χ0n) is 31.2. The second-order valence-corrected chi connectivity index (χ2v) is 14.0. The molecule has 4 aromatic carbocycles. The molecular formula is C40H43ClFN13O. The zero-order valence-corrected chi connectivity index (χ0v) is 31.9. The molecule has 1 aliphatic rings. The van der Waals surface area contributed by atoms with Crippen LogP contribution in [0.2, 0.25) is 5.02 Å². The van der Waals surface area contributed by atoms with E-state index in [0.717, 1.165) is 60.1 Å². The summed E-state index contributed by atoms with van der Waals surface area (Å²) in [6.07, 6.45) is 0.434. The van der Waals surface area contributed by atoms with Crippen molar-refractivity contribution in [2.45, 2.75) is 26.1 Å². The number of hydrogen-bond acceptors (Lipinski definition) is 14. The minimum Gasteiger partial charge on any atom is -0.497 e. The minimum absolute atomic E-state index is 0.103. The van der Waals surface area contributed by atoms with E-state index in [1.807, 2.05) is 72.6 Å². The Balaban J connectivity index is 0.902. The van der Waals surface area contributed by atoms with Gasteiger partial charge < -0.3 is 31.7 Å². The molecule has 3 heterocycles. The van der Waals surface area contributed by atoms with Gasteiger partial charge in [0.25, 0.3) is 0 Å². The molecular weight excluding hydrogens is 733 g/mol. The van der Waals surface area contributed by atoms with Crippen LogP contribution >= 0.6 is 11.6 Å². The monoisotopic (exact) mass is 775 g/mol. The molecule has 0 unspecified atom stereocenters. The van der Waals surface area contributed by atoms with Crippen LogP contribution in [0.4, 0.5) is 45.2 Å². The van der Waals surface area contributed by atoms with E-state index >= 15 is 4.39 Å². The largest absolute Gasteiger partial charge is 0.497 e. The number of nitrogens with zero attached hydrogens (tertiary/aromatic N) is 9. The van der Waals surface area contributed by atoms with Crippen molar-refractivity contribution in [1.82, 2.24) is 39.7 Å². The molecule has 6 aromatic rings. The van der Waals surface area contributed by atoms with Crippen molar-refractivity contribution >= 4 is 52.5 Å². The molecule has 0 saturated carbocycles. The number of ether oxygens (including phenoxy) is 1. The van der Waals surface area contributed by atoms with Crippen molar-refractivity contribution in [3.8, 4) is 5.75 Å². The molecule has 7 rings (SSSR count). The van der Waals surface area contributed by atoms with E-state index in [9.17, 15) is 0 Å². The summed E-state index contributed by atoms with van der Waals surface area (Å²) in [4.78, 5) is 32.9. The second-order valence-electron chi connectivity index (χ2n) is 13.6. The highest BCUT2D eigenvalue weighted by Gasteiger charge is 2.19. The number of rotatable bonds is 14. The van der Waals surface area contributed by atoms with Crippen LogP contribution in [0.1, 0.15) is 28.3 Å². The highest BCUT2D eigenvalue weighted by Crippen LogP contribution is 2.24. The first kappa shape index (κ1) is 38.1. The predicted molar refractivity (Wildman–Crippen MR) is 218 cm³/mol. The summed E-state index contributed by atoms with van der Waals surface area (Å²) >= 11 is 5.98. The van der Waals surface area contributed by atoms with Gasteiger partial charge in [0, 0.05) is 67.3 Å². The van der Waals surface area contributed by atoms with E-state index < -0.39 is 0 Å². The molecule has 56 heavy (non-hydrogen) atoms. The maximum atomic E-state index is 15.3. The first-order valence-corrected chi connectivity index (χ1v) is 18.5. The van der Waals surface area contributed by atoms with Crippen molar-refractivity contribution < 1.29 is 9.13 Å². The van der Waals surface area contributed by atoms with E-state index in [4.69, 9.17) is 27.8 Å². The highest BCUT2D eigenvalue weighted by molar-refractivity contribution is 6.30. The van der Waals surface area contributed by atoms with E-state index in [1.165, 1.54) is 0 Å². The summed E-state index contributed by atoms with van der Waals surface area (Å²) in [6, 6.07) is 28.4. The lowest BCUT2D eigenvalue weighted by Crippen LogP contribution is -2.46. The fraction of sp³-hybridized carbons (Fsp3) is 0.250. The molecule has 14 nitrogen and oxygen atoms in total. The Hall–Kier alpha value is -6.16. The first-order chi connectivity index (χ1) is 27.1. The van der Waals surface area contributed by atoms with Gasteiger partial charge in [-0.05, 0) is 78.3 Å². The van der Waals surface area contributed by atoms with Crippen LogP contribution in [0.25, 0.3) is 0 Å². The van der Waals surface area contributed by atoms with E-state index in [-0.39, 0.29) is 17.7 Å². The fourth-order valence-corrected chi connectivity index (χ4v) is 6.59. The number of aromatic nitrogens is 6. The van der Waals surface area contributed by atoms with Gasteiger partial charge in [0.15, 0.2) is 0 Å². The van der Waals surface area contributed by atoms with Crippen molar-refractivity contribution in [3.05, 3.63) is 130 Å². The molecule has 6 N–H and O–H groups in total. The summed E-state index contributed by atoms with van der Waals surface area (Å²) in [5, 5.41) is 6.98. The number of nitrogen functional groups attached to an aromatic ring is 2. The van der Waals surface area contributed by atoms with E-state index in [1.54, 1.807) is 25.3 Å². The molecule has 16 heteroatoms. The van der Waals surface area contributed by atoms with Crippen LogP contribution < -0.4 is 31.7 Å². The SMILES string of the molecule is COc1cccc(N2CCN(Cc3nc(N)nc(Nc4ccc(Cc5ccc(CN(C)Cc6nc(N)nc(Nc7ccc(Cl)cc7)n6)cc5F)cc4)n3)CC2)c1. The summed E-state index contributed by atoms with van der Waals surface area (Å²) in [6.45, 7) is 4.89. The Bertz CT molecular complexity index is 2250. The average Bonchev–Trinajstić information content (AvgIpc) is 3.17. The van der Waals surface area contributed by atoms with Gasteiger partial charge in [-0.25, -0.2) is 4.39 Å². The number of piperazine rings is 1. The average molecular weight is 776 g/mol. The van der Waals surface area contributed by atoms with Crippen LogP contribution in [0.5, 0.6) is 5.75 Å². The van der Waals surface area contributed by atoms with E-state index in [0.29, 0.717) is 60.2 Å². The van der Waals surface area contributed by atoms with Gasteiger partial charge in [-0.2, -0.15) is 29.9 Å². The van der Waals surface area contributed by atoms with Crippen molar-refractivity contribution in [3.63, 3.8) is 0 Å². The number of nitrogens with one attached hydrogen (secondary N) is 2. The van der Waals surface area contributed by atoms with Gasteiger partial charge >= 0.3 is 0 Å². The molecule has 1 aliphatic heterocycles. The Morgan fingerprint density at radius 1 is 0.732 bits per heavy atom. The Kier molecular flexibility index (Phi) is 11.9. The van der Waals surface area contributed by atoms with Gasteiger partial charge in [0.2, 0.25) is 23.8 Å². The molecule has 1 fully saturated rings. The number of hydrogen-bond donors (Lipinski definition) is 4. The number of methoxy groups -OCH3 is 1. The Morgan fingerprint density at radius 3 is 2.02 bits per heavy atom. The fourth-order valence-electron chi connectivity index (χ4n) is 6.46. The van der Waals surface area contributed by atoms with Crippen molar-refractivity contribution in [2.24, 2.45) is 0 Å². The summed E-state index contributed by atoms with van der Waals surface area (Å²) in [7, 11) is 3.59.